The average molecular weight is 470 g/mol. The predicted molar refractivity (Wildman–Crippen MR) is 114 cm³/mol. The van der Waals surface area contributed by atoms with Crippen molar-refractivity contribution in [3.8, 4) is 17.0 Å². The zero-order valence-corrected chi connectivity index (χ0v) is 17.8. The number of ether oxygens (including phenoxy) is 2. The van der Waals surface area contributed by atoms with E-state index < -0.39 is 29.7 Å². The largest absolute Gasteiger partial charge is 0.450 e. The number of esters is 1. The molecule has 0 saturated heterocycles. The molecular weight excluding hydrogens is 450 g/mol. The van der Waals surface area contributed by atoms with Crippen molar-refractivity contribution in [2.24, 2.45) is 0 Å². The van der Waals surface area contributed by atoms with Crippen LogP contribution in [0.2, 0.25) is 0 Å². The molecule has 3 aromatic rings. The summed E-state index contributed by atoms with van der Waals surface area (Å²) in [6, 6.07) is 9.15. The first kappa shape index (κ1) is 22.0. The maximum absolute atomic E-state index is 12.9. The third kappa shape index (κ3) is 3.87. The van der Waals surface area contributed by atoms with E-state index in [2.05, 4.69) is 25.2 Å². The van der Waals surface area contributed by atoms with E-state index in [1.165, 1.54) is 24.4 Å². The van der Waals surface area contributed by atoms with Gasteiger partial charge in [0.1, 0.15) is 17.0 Å². The number of pyridine rings is 1. The first-order chi connectivity index (χ1) is 16.3. The number of rotatable bonds is 5. The second-order valence-corrected chi connectivity index (χ2v) is 8.36. The first-order valence-corrected chi connectivity index (χ1v) is 10.6. The molecule has 0 unspecified atom stereocenters. The van der Waals surface area contributed by atoms with Crippen LogP contribution in [0.25, 0.3) is 11.3 Å². The van der Waals surface area contributed by atoms with Gasteiger partial charge >= 0.3 is 12.6 Å². The number of carbonyl (C=O) groups is 2. The van der Waals surface area contributed by atoms with Gasteiger partial charge in [0.05, 0.1) is 11.3 Å². The number of nitrogens with one attached hydrogen (secondary N) is 2. The minimum Gasteiger partial charge on any atom is -0.450 e. The fourth-order valence-electron chi connectivity index (χ4n) is 4.49. The SMILES string of the molecule is O=C1O[C@]2(CC[C@](O)(C(=O)Nc3cc(-c4cccc(OC(F)F)c4)[nH]n3)CC2)c2cnccc21. The maximum atomic E-state index is 12.9. The number of aromatic nitrogens is 3. The van der Waals surface area contributed by atoms with Crippen molar-refractivity contribution in [3.05, 3.63) is 59.9 Å². The van der Waals surface area contributed by atoms with Crippen molar-refractivity contribution in [2.75, 3.05) is 5.32 Å². The lowest BCUT2D eigenvalue weighted by Gasteiger charge is -2.40. The zero-order chi connectivity index (χ0) is 23.9. The molecule has 0 atom stereocenters. The lowest BCUT2D eigenvalue weighted by molar-refractivity contribution is -0.144. The van der Waals surface area contributed by atoms with E-state index in [9.17, 15) is 23.5 Å². The van der Waals surface area contributed by atoms with Crippen LogP contribution in [0.15, 0.2) is 48.8 Å². The fourth-order valence-corrected chi connectivity index (χ4v) is 4.49. The number of hydrogen-bond acceptors (Lipinski definition) is 7. The third-order valence-electron chi connectivity index (χ3n) is 6.32. The molecule has 176 valence electrons. The van der Waals surface area contributed by atoms with Crippen LogP contribution in [0.5, 0.6) is 5.75 Å². The quantitative estimate of drug-likeness (QED) is 0.488. The summed E-state index contributed by atoms with van der Waals surface area (Å²) in [6.45, 7) is -2.94. The summed E-state index contributed by atoms with van der Waals surface area (Å²) in [7, 11) is 0. The number of aromatic amines is 1. The number of aliphatic hydroxyl groups is 1. The smallest absolute Gasteiger partial charge is 0.387 e. The highest BCUT2D eigenvalue weighted by Gasteiger charge is 2.53. The summed E-state index contributed by atoms with van der Waals surface area (Å²) in [5.74, 6) is -0.913. The van der Waals surface area contributed by atoms with Gasteiger partial charge in [-0.25, -0.2) is 4.79 Å². The van der Waals surface area contributed by atoms with E-state index >= 15 is 0 Å². The highest BCUT2D eigenvalue weighted by atomic mass is 19.3. The summed E-state index contributed by atoms with van der Waals surface area (Å²) in [5.41, 5.74) is -0.439. The minimum atomic E-state index is -2.94. The van der Waals surface area contributed by atoms with E-state index in [0.29, 0.717) is 22.4 Å². The van der Waals surface area contributed by atoms with Crippen molar-refractivity contribution in [1.29, 1.82) is 0 Å². The number of anilines is 1. The van der Waals surface area contributed by atoms with Crippen LogP contribution in [-0.4, -0.2) is 44.4 Å². The van der Waals surface area contributed by atoms with Gasteiger partial charge in [0.25, 0.3) is 5.91 Å². The highest BCUT2D eigenvalue weighted by Crippen LogP contribution is 2.49. The topological polar surface area (TPSA) is 126 Å². The molecule has 2 aromatic heterocycles. The molecule has 3 N–H and O–H groups in total. The van der Waals surface area contributed by atoms with E-state index in [1.54, 1.807) is 24.4 Å². The summed E-state index contributed by atoms with van der Waals surface area (Å²) in [5, 5.41) is 20.4. The molecule has 1 aliphatic carbocycles. The molecule has 0 radical (unpaired) electrons. The number of hydrogen-bond donors (Lipinski definition) is 3. The van der Waals surface area contributed by atoms with Crippen LogP contribution < -0.4 is 10.1 Å². The van der Waals surface area contributed by atoms with Gasteiger partial charge in [-0.3, -0.25) is 14.9 Å². The average Bonchev–Trinajstić information content (AvgIpc) is 3.39. The minimum absolute atomic E-state index is 0.0116. The number of halogens is 2. The molecule has 9 nitrogen and oxygen atoms in total. The Hall–Kier alpha value is -3.86. The molecule has 5 rings (SSSR count). The summed E-state index contributed by atoms with van der Waals surface area (Å²) in [4.78, 5) is 29.2. The summed E-state index contributed by atoms with van der Waals surface area (Å²) in [6.07, 6.45) is 3.80. The molecule has 34 heavy (non-hydrogen) atoms. The van der Waals surface area contributed by atoms with Crippen molar-refractivity contribution in [3.63, 3.8) is 0 Å². The second-order valence-electron chi connectivity index (χ2n) is 8.36. The normalized spacial score (nSPS) is 23.6. The zero-order valence-electron chi connectivity index (χ0n) is 17.8. The Kier molecular flexibility index (Phi) is 5.28. The van der Waals surface area contributed by atoms with Gasteiger partial charge in [0.15, 0.2) is 5.82 Å². The number of carbonyl (C=O) groups excluding carboxylic acids is 2. The molecule has 2 aliphatic rings. The van der Waals surface area contributed by atoms with Gasteiger partial charge in [-0.05, 0) is 43.9 Å². The number of fused-ring (bicyclic) bond motifs is 2. The Morgan fingerprint density at radius 3 is 2.76 bits per heavy atom. The molecule has 1 saturated carbocycles. The predicted octanol–water partition coefficient (Wildman–Crippen LogP) is 3.38. The Labute approximate surface area is 192 Å². The Balaban J connectivity index is 1.26. The lowest BCUT2D eigenvalue weighted by Crippen LogP contribution is -2.49. The standard InChI is InChI=1S/C23H20F2N4O5/c24-21(25)33-14-3-1-2-13(10-14)17-11-18(29-28-17)27-20(31)22(32)5-7-23(8-6-22)16-12-26-9-4-15(16)19(30)34-23/h1-4,9-12,21,32H,5-8H2,(H2,27,28,29,31)/t22-,23+. The molecule has 1 fully saturated rings. The van der Waals surface area contributed by atoms with Crippen molar-refractivity contribution in [1.82, 2.24) is 15.2 Å². The highest BCUT2D eigenvalue weighted by molar-refractivity contribution is 5.97. The number of amides is 1. The van der Waals surface area contributed by atoms with E-state index in [-0.39, 0.29) is 37.3 Å². The monoisotopic (exact) mass is 470 g/mol. The first-order valence-electron chi connectivity index (χ1n) is 10.6. The van der Waals surface area contributed by atoms with Crippen LogP contribution in [0.4, 0.5) is 14.6 Å². The van der Waals surface area contributed by atoms with Crippen molar-refractivity contribution >= 4 is 17.7 Å². The molecule has 11 heteroatoms. The molecule has 1 amide bonds. The lowest BCUT2D eigenvalue weighted by atomic mass is 9.73. The van der Waals surface area contributed by atoms with Crippen LogP contribution in [0.1, 0.15) is 41.6 Å². The van der Waals surface area contributed by atoms with E-state index in [0.717, 1.165) is 0 Å². The van der Waals surface area contributed by atoms with Gasteiger partial charge in [-0.1, -0.05) is 12.1 Å². The van der Waals surface area contributed by atoms with Crippen LogP contribution in [0.3, 0.4) is 0 Å². The van der Waals surface area contributed by atoms with Crippen LogP contribution in [-0.2, 0) is 15.1 Å². The van der Waals surface area contributed by atoms with Crippen molar-refractivity contribution < 1.29 is 33.0 Å². The number of alkyl halides is 2. The second kappa shape index (κ2) is 8.17. The number of benzene rings is 1. The van der Waals surface area contributed by atoms with Crippen LogP contribution >= 0.6 is 0 Å². The van der Waals surface area contributed by atoms with Crippen molar-refractivity contribution in [2.45, 2.75) is 43.5 Å². The van der Waals surface area contributed by atoms with Gasteiger partial charge < -0.3 is 19.9 Å². The van der Waals surface area contributed by atoms with Gasteiger partial charge in [0.2, 0.25) is 0 Å². The van der Waals surface area contributed by atoms with E-state index in [4.69, 9.17) is 4.74 Å². The Morgan fingerprint density at radius 1 is 1.21 bits per heavy atom. The van der Waals surface area contributed by atoms with Gasteiger partial charge in [-0.2, -0.15) is 13.9 Å². The fraction of sp³-hybridized carbons (Fsp3) is 0.304. The summed E-state index contributed by atoms with van der Waals surface area (Å²) >= 11 is 0. The number of nitrogens with zero attached hydrogens (tertiary/aromatic N) is 2. The summed E-state index contributed by atoms with van der Waals surface area (Å²) < 4.78 is 35.0. The molecule has 3 heterocycles. The maximum Gasteiger partial charge on any atom is 0.387 e. The van der Waals surface area contributed by atoms with Crippen LogP contribution in [0, 0.1) is 0 Å². The third-order valence-corrected chi connectivity index (χ3v) is 6.32. The molecular formula is C23H20F2N4O5. The number of H-pyrrole nitrogens is 1. The Bertz CT molecular complexity index is 1250. The Morgan fingerprint density at radius 2 is 2.00 bits per heavy atom. The van der Waals surface area contributed by atoms with Gasteiger partial charge in [-0.15, -0.1) is 0 Å². The molecule has 1 spiro atoms. The van der Waals surface area contributed by atoms with E-state index in [1.807, 2.05) is 0 Å². The van der Waals surface area contributed by atoms with Gasteiger partial charge in [0, 0.05) is 29.6 Å². The molecule has 0 bridgehead atoms. The molecule has 1 aromatic carbocycles. The molecule has 1 aliphatic heterocycles.